The highest BCUT2D eigenvalue weighted by Gasteiger charge is 2.33. The summed E-state index contributed by atoms with van der Waals surface area (Å²) in [5, 5.41) is 4.31. The molecule has 2 saturated heterocycles. The molecule has 9 nitrogen and oxygen atoms in total. The zero-order valence-electron chi connectivity index (χ0n) is 22.4. The monoisotopic (exact) mass is 582 g/mol. The van der Waals surface area contributed by atoms with Crippen LogP contribution in [0.5, 0.6) is 0 Å². The molecule has 38 heavy (non-hydrogen) atoms. The molecule has 1 amide bonds. The van der Waals surface area contributed by atoms with Crippen LogP contribution in [0.25, 0.3) is 0 Å². The smallest absolute Gasteiger partial charge is 0.272 e. The summed E-state index contributed by atoms with van der Waals surface area (Å²) in [6, 6.07) is 5.93. The molecule has 2 aliphatic heterocycles. The number of hydrogen-bond acceptors (Lipinski definition) is 7. The van der Waals surface area contributed by atoms with Crippen molar-refractivity contribution < 1.29 is 13.2 Å². The average molecular weight is 584 g/mol. The van der Waals surface area contributed by atoms with Crippen LogP contribution in [-0.4, -0.2) is 90.0 Å². The summed E-state index contributed by atoms with van der Waals surface area (Å²) in [5.41, 5.74) is 2.11. The number of hydrogen-bond donors (Lipinski definition) is 1. The number of nitrogens with zero attached hydrogens (tertiary/aromatic N) is 5. The Morgan fingerprint density at radius 3 is 2.32 bits per heavy atom. The van der Waals surface area contributed by atoms with Gasteiger partial charge in [0, 0.05) is 44.3 Å². The topological polar surface area (TPSA) is 98.7 Å². The second kappa shape index (κ2) is 12.0. The molecular weight excluding hydrogens is 547 g/mol. The Morgan fingerprint density at radius 1 is 1.05 bits per heavy atom. The van der Waals surface area contributed by atoms with E-state index >= 15 is 0 Å². The van der Waals surface area contributed by atoms with E-state index in [0.29, 0.717) is 53.1 Å². The lowest BCUT2D eigenvalue weighted by molar-refractivity contribution is 0.0542. The first kappa shape index (κ1) is 29.0. The number of sulfonamides is 1. The van der Waals surface area contributed by atoms with Crippen LogP contribution in [0, 0.1) is 13.8 Å². The standard InChI is InChI=1S/C26H36Cl2N6O3S/c1-17-24(30-18(2)31-25(17)29-16-19-5-6-22(27)23(28)15-19)26(35)34-13-9-21(10-14-34)33-11-7-20(8-12-33)32(3)38(4,36)37/h5-6,15,20-21H,7-14,16H2,1-4H3,(H,29,30,31). The van der Waals surface area contributed by atoms with Crippen molar-refractivity contribution in [2.45, 2.75) is 58.2 Å². The number of carbonyl (C=O) groups is 1. The van der Waals surface area contributed by atoms with E-state index < -0.39 is 10.0 Å². The van der Waals surface area contributed by atoms with Crippen LogP contribution in [0.2, 0.25) is 10.0 Å². The van der Waals surface area contributed by atoms with Gasteiger partial charge in [0.15, 0.2) is 0 Å². The summed E-state index contributed by atoms with van der Waals surface area (Å²) in [6.07, 6.45) is 4.72. The normalized spacial score (nSPS) is 18.2. The third-order valence-electron chi connectivity index (χ3n) is 7.71. The van der Waals surface area contributed by atoms with Crippen molar-refractivity contribution in [1.82, 2.24) is 24.1 Å². The molecule has 0 bridgehead atoms. The van der Waals surface area contributed by atoms with Crippen molar-refractivity contribution >= 4 is 45.0 Å². The van der Waals surface area contributed by atoms with E-state index in [9.17, 15) is 13.2 Å². The molecule has 0 atom stereocenters. The maximum Gasteiger partial charge on any atom is 0.272 e. The van der Waals surface area contributed by atoms with Gasteiger partial charge >= 0.3 is 0 Å². The summed E-state index contributed by atoms with van der Waals surface area (Å²) in [6.45, 7) is 7.24. The number of likely N-dealkylation sites (tertiary alicyclic amines) is 2. The van der Waals surface area contributed by atoms with Crippen LogP contribution in [-0.2, 0) is 16.6 Å². The minimum atomic E-state index is -3.17. The molecule has 12 heteroatoms. The van der Waals surface area contributed by atoms with Gasteiger partial charge in [-0.25, -0.2) is 22.7 Å². The molecule has 2 fully saturated rings. The van der Waals surface area contributed by atoms with Crippen LogP contribution in [0.1, 0.15) is 53.1 Å². The predicted molar refractivity (Wildman–Crippen MR) is 151 cm³/mol. The molecule has 4 rings (SSSR count). The lowest BCUT2D eigenvalue weighted by Crippen LogP contribution is -2.52. The van der Waals surface area contributed by atoms with Gasteiger partial charge in [-0.05, 0) is 70.3 Å². The second-order valence-corrected chi connectivity index (χ2v) is 13.1. The van der Waals surface area contributed by atoms with Gasteiger partial charge in [-0.3, -0.25) is 4.79 Å². The summed E-state index contributed by atoms with van der Waals surface area (Å²) in [7, 11) is -1.50. The number of amides is 1. The lowest BCUT2D eigenvalue weighted by atomic mass is 9.97. The fourth-order valence-corrected chi connectivity index (χ4v) is 6.39. The number of anilines is 1. The SMILES string of the molecule is Cc1nc(NCc2ccc(Cl)c(Cl)c2)c(C)c(C(=O)N2CCC(N3CCC(N(C)S(C)(=O)=O)CC3)CC2)n1. The number of aromatic nitrogens is 2. The van der Waals surface area contributed by atoms with Crippen molar-refractivity contribution in [3.8, 4) is 0 Å². The Bertz CT molecular complexity index is 1280. The minimum absolute atomic E-state index is 0.0615. The summed E-state index contributed by atoms with van der Waals surface area (Å²) >= 11 is 12.2. The van der Waals surface area contributed by atoms with Gasteiger partial charge in [0.2, 0.25) is 10.0 Å². The van der Waals surface area contributed by atoms with Gasteiger partial charge < -0.3 is 15.1 Å². The van der Waals surface area contributed by atoms with Gasteiger partial charge in [0.25, 0.3) is 5.91 Å². The molecule has 0 spiro atoms. The third kappa shape index (κ3) is 6.77. The van der Waals surface area contributed by atoms with Crippen molar-refractivity contribution in [3.63, 3.8) is 0 Å². The van der Waals surface area contributed by atoms with E-state index in [4.69, 9.17) is 23.2 Å². The van der Waals surface area contributed by atoms with Gasteiger partial charge in [0.05, 0.1) is 16.3 Å². The molecule has 208 valence electrons. The Labute approximate surface area is 235 Å². The summed E-state index contributed by atoms with van der Waals surface area (Å²) in [4.78, 5) is 26.8. The maximum atomic E-state index is 13.5. The Kier molecular flexibility index (Phi) is 9.19. The predicted octanol–water partition coefficient (Wildman–Crippen LogP) is 3.97. The number of rotatable bonds is 7. The van der Waals surface area contributed by atoms with Crippen LogP contribution in [0.15, 0.2) is 18.2 Å². The molecule has 1 aromatic heterocycles. The minimum Gasteiger partial charge on any atom is -0.366 e. The van der Waals surface area contributed by atoms with Crippen LogP contribution >= 0.6 is 23.2 Å². The molecule has 2 aromatic rings. The number of aryl methyl sites for hydroxylation is 1. The highest BCUT2D eigenvalue weighted by Crippen LogP contribution is 2.26. The zero-order valence-corrected chi connectivity index (χ0v) is 24.7. The molecule has 3 heterocycles. The second-order valence-electron chi connectivity index (χ2n) is 10.3. The molecular formula is C26H36Cl2N6O3S. The van der Waals surface area contributed by atoms with Crippen molar-refractivity contribution in [2.75, 3.05) is 44.8 Å². The quantitative estimate of drug-likeness (QED) is 0.527. The molecule has 0 radical (unpaired) electrons. The van der Waals surface area contributed by atoms with Crippen LogP contribution in [0.3, 0.4) is 0 Å². The first-order chi connectivity index (χ1) is 17.9. The van der Waals surface area contributed by atoms with Crippen LogP contribution < -0.4 is 5.32 Å². The van der Waals surface area contributed by atoms with Crippen molar-refractivity contribution in [3.05, 3.63) is 50.9 Å². The first-order valence-corrected chi connectivity index (χ1v) is 15.5. The zero-order chi connectivity index (χ0) is 27.6. The van der Waals surface area contributed by atoms with E-state index in [1.165, 1.54) is 10.6 Å². The molecule has 0 unspecified atom stereocenters. The number of piperidine rings is 2. The molecule has 1 aromatic carbocycles. The maximum absolute atomic E-state index is 13.5. The highest BCUT2D eigenvalue weighted by atomic mass is 35.5. The Hall–Kier alpha value is -1.98. The van der Waals surface area contributed by atoms with Gasteiger partial charge in [0.1, 0.15) is 17.3 Å². The first-order valence-electron chi connectivity index (χ1n) is 12.9. The van der Waals surface area contributed by atoms with Crippen LogP contribution in [0.4, 0.5) is 5.82 Å². The number of benzene rings is 1. The Balaban J connectivity index is 1.34. The van der Waals surface area contributed by atoms with Crippen molar-refractivity contribution in [2.24, 2.45) is 0 Å². The highest BCUT2D eigenvalue weighted by molar-refractivity contribution is 7.88. The number of carbonyl (C=O) groups excluding carboxylic acids is 1. The van der Waals surface area contributed by atoms with Gasteiger partial charge in [-0.1, -0.05) is 29.3 Å². The average Bonchev–Trinajstić information content (AvgIpc) is 2.89. The molecule has 1 N–H and O–H groups in total. The van der Waals surface area contributed by atoms with Gasteiger partial charge in [-0.15, -0.1) is 0 Å². The summed E-state index contributed by atoms with van der Waals surface area (Å²) < 4.78 is 25.3. The fraction of sp³-hybridized carbons (Fsp3) is 0.577. The van der Waals surface area contributed by atoms with E-state index in [0.717, 1.165) is 49.9 Å². The van der Waals surface area contributed by atoms with Gasteiger partial charge in [-0.2, -0.15) is 0 Å². The lowest BCUT2D eigenvalue weighted by Gasteiger charge is -2.43. The van der Waals surface area contributed by atoms with E-state index in [2.05, 4.69) is 20.2 Å². The molecule has 0 saturated carbocycles. The fourth-order valence-electron chi connectivity index (χ4n) is 5.31. The third-order valence-corrected chi connectivity index (χ3v) is 9.79. The van der Waals surface area contributed by atoms with E-state index in [1.54, 1.807) is 20.0 Å². The molecule has 2 aliphatic rings. The number of nitrogens with one attached hydrogen (secondary N) is 1. The summed E-state index contributed by atoms with van der Waals surface area (Å²) in [5.74, 6) is 1.09. The van der Waals surface area contributed by atoms with E-state index in [-0.39, 0.29) is 11.9 Å². The largest absolute Gasteiger partial charge is 0.366 e. The molecule has 0 aliphatic carbocycles. The number of halogens is 2. The van der Waals surface area contributed by atoms with E-state index in [1.807, 2.05) is 24.0 Å². The Morgan fingerprint density at radius 2 is 1.71 bits per heavy atom. The van der Waals surface area contributed by atoms with Crippen molar-refractivity contribution in [1.29, 1.82) is 0 Å².